The molecule has 0 aromatic heterocycles. The van der Waals surface area contributed by atoms with Crippen LogP contribution in [0.3, 0.4) is 0 Å². The molecule has 1 fully saturated rings. The molecule has 1 aliphatic carbocycles. The molecule has 0 atom stereocenters. The van der Waals surface area contributed by atoms with Gasteiger partial charge in [-0.3, -0.25) is 4.79 Å². The number of amides is 1. The molecule has 4 nitrogen and oxygen atoms in total. The van der Waals surface area contributed by atoms with Gasteiger partial charge >= 0.3 is 0 Å². The second-order valence-electron chi connectivity index (χ2n) is 6.52. The molecule has 2 rings (SSSR count). The lowest BCUT2D eigenvalue weighted by Crippen LogP contribution is -2.45. The molecule has 1 saturated carbocycles. The molecule has 0 aliphatic heterocycles. The fourth-order valence-corrected chi connectivity index (χ4v) is 2.49. The molecular formula is C17H26N2O2. The van der Waals surface area contributed by atoms with Gasteiger partial charge in [0.25, 0.3) is 0 Å². The maximum atomic E-state index is 11.8. The van der Waals surface area contributed by atoms with Crippen LogP contribution in [0.4, 0.5) is 5.69 Å². The summed E-state index contributed by atoms with van der Waals surface area (Å²) >= 11 is 0. The Morgan fingerprint density at radius 1 is 1.24 bits per heavy atom. The van der Waals surface area contributed by atoms with Gasteiger partial charge in [-0.2, -0.15) is 0 Å². The minimum absolute atomic E-state index is 0.196. The Hall–Kier alpha value is -1.55. The summed E-state index contributed by atoms with van der Waals surface area (Å²) in [6.45, 7) is 4.16. The van der Waals surface area contributed by atoms with Gasteiger partial charge in [-0.25, -0.2) is 0 Å². The minimum atomic E-state index is -0.879. The maximum Gasteiger partial charge on any atom is 0.243 e. The summed E-state index contributed by atoms with van der Waals surface area (Å²) in [4.78, 5) is 11.8. The molecule has 0 heterocycles. The lowest BCUT2D eigenvalue weighted by Gasteiger charge is -2.21. The maximum absolute atomic E-state index is 11.8. The zero-order valence-electron chi connectivity index (χ0n) is 13.0. The van der Waals surface area contributed by atoms with Gasteiger partial charge in [-0.15, -0.1) is 0 Å². The average molecular weight is 290 g/mol. The molecule has 0 bridgehead atoms. The molecule has 0 saturated heterocycles. The van der Waals surface area contributed by atoms with Crippen LogP contribution in [0.2, 0.25) is 0 Å². The zero-order valence-corrected chi connectivity index (χ0v) is 13.0. The van der Waals surface area contributed by atoms with Gasteiger partial charge < -0.3 is 15.8 Å². The van der Waals surface area contributed by atoms with E-state index in [0.29, 0.717) is 5.92 Å². The zero-order chi connectivity index (χ0) is 15.3. The third kappa shape index (κ3) is 5.05. The summed E-state index contributed by atoms with van der Waals surface area (Å²) in [5.74, 6) is 1.35. The number of ether oxygens (including phenoxy) is 1. The molecule has 1 aromatic rings. The first-order valence-electron chi connectivity index (χ1n) is 7.78. The predicted molar refractivity (Wildman–Crippen MR) is 85.4 cm³/mol. The molecule has 1 aliphatic rings. The van der Waals surface area contributed by atoms with Crippen molar-refractivity contribution in [1.29, 1.82) is 0 Å². The van der Waals surface area contributed by atoms with E-state index in [2.05, 4.69) is 5.32 Å². The van der Waals surface area contributed by atoms with E-state index in [0.717, 1.165) is 18.0 Å². The number of hydrogen-bond donors (Lipinski definition) is 2. The van der Waals surface area contributed by atoms with E-state index in [1.165, 1.54) is 32.1 Å². The van der Waals surface area contributed by atoms with Crippen LogP contribution in [0.25, 0.3) is 0 Å². The van der Waals surface area contributed by atoms with Gasteiger partial charge in [-0.05, 0) is 56.9 Å². The highest BCUT2D eigenvalue weighted by Gasteiger charge is 2.21. The Kier molecular flexibility index (Phi) is 5.23. The van der Waals surface area contributed by atoms with Crippen molar-refractivity contribution in [1.82, 2.24) is 0 Å². The van der Waals surface area contributed by atoms with E-state index in [-0.39, 0.29) is 5.91 Å². The second kappa shape index (κ2) is 6.94. The molecule has 1 amide bonds. The topological polar surface area (TPSA) is 64.4 Å². The number of benzene rings is 1. The Labute approximate surface area is 127 Å². The minimum Gasteiger partial charge on any atom is -0.493 e. The third-order valence-corrected chi connectivity index (χ3v) is 3.91. The summed E-state index contributed by atoms with van der Waals surface area (Å²) in [5, 5.41) is 2.80. The largest absolute Gasteiger partial charge is 0.493 e. The number of rotatable bonds is 5. The van der Waals surface area contributed by atoms with E-state index in [9.17, 15) is 4.79 Å². The number of carbonyl (C=O) groups excluding carboxylic acids is 1. The first-order chi connectivity index (χ1) is 9.95. The van der Waals surface area contributed by atoms with E-state index in [4.69, 9.17) is 10.5 Å². The monoisotopic (exact) mass is 290 g/mol. The van der Waals surface area contributed by atoms with Crippen LogP contribution >= 0.6 is 0 Å². The summed E-state index contributed by atoms with van der Waals surface area (Å²) in [6, 6.07) is 7.48. The van der Waals surface area contributed by atoms with Gasteiger partial charge in [-0.1, -0.05) is 19.3 Å². The SMILES string of the molecule is CC(C)(N)C(=O)Nc1ccc(OCC2CCCCC2)cc1. The Bertz CT molecular complexity index is 457. The summed E-state index contributed by atoms with van der Waals surface area (Å²) in [6.07, 6.45) is 6.57. The first kappa shape index (κ1) is 15.8. The van der Waals surface area contributed by atoms with Crippen LogP contribution < -0.4 is 15.8 Å². The highest BCUT2D eigenvalue weighted by Crippen LogP contribution is 2.25. The molecule has 116 valence electrons. The average Bonchev–Trinajstić information content (AvgIpc) is 2.46. The predicted octanol–water partition coefficient (Wildman–Crippen LogP) is 3.32. The molecule has 3 N–H and O–H groups in total. The van der Waals surface area contributed by atoms with Gasteiger partial charge in [0.15, 0.2) is 0 Å². The summed E-state index contributed by atoms with van der Waals surface area (Å²) in [5.41, 5.74) is 5.61. The van der Waals surface area contributed by atoms with Crippen molar-refractivity contribution in [3.63, 3.8) is 0 Å². The Balaban J connectivity index is 1.82. The molecule has 0 unspecified atom stereocenters. The standard InChI is InChI=1S/C17H26N2O2/c1-17(2,18)16(20)19-14-8-10-15(11-9-14)21-12-13-6-4-3-5-7-13/h8-11,13H,3-7,12,18H2,1-2H3,(H,19,20). The fourth-order valence-electron chi connectivity index (χ4n) is 2.49. The van der Waals surface area contributed by atoms with Crippen LogP contribution in [0, 0.1) is 5.92 Å². The van der Waals surface area contributed by atoms with Gasteiger partial charge in [0.1, 0.15) is 5.75 Å². The third-order valence-electron chi connectivity index (χ3n) is 3.91. The van der Waals surface area contributed by atoms with Crippen LogP contribution in [-0.2, 0) is 4.79 Å². The summed E-state index contributed by atoms with van der Waals surface area (Å²) in [7, 11) is 0. The molecule has 4 heteroatoms. The number of carbonyl (C=O) groups is 1. The quantitative estimate of drug-likeness (QED) is 0.874. The lowest BCUT2D eigenvalue weighted by atomic mass is 9.90. The first-order valence-corrected chi connectivity index (χ1v) is 7.78. The highest BCUT2D eigenvalue weighted by atomic mass is 16.5. The van der Waals surface area contributed by atoms with Crippen molar-refractivity contribution < 1.29 is 9.53 Å². The van der Waals surface area contributed by atoms with E-state index >= 15 is 0 Å². The second-order valence-corrected chi connectivity index (χ2v) is 6.52. The van der Waals surface area contributed by atoms with Crippen LogP contribution in [-0.4, -0.2) is 18.1 Å². The highest BCUT2D eigenvalue weighted by molar-refractivity contribution is 5.97. The Morgan fingerprint density at radius 2 is 1.86 bits per heavy atom. The van der Waals surface area contributed by atoms with Crippen LogP contribution in [0.1, 0.15) is 46.0 Å². The fraction of sp³-hybridized carbons (Fsp3) is 0.588. The smallest absolute Gasteiger partial charge is 0.243 e. The molecule has 1 aromatic carbocycles. The lowest BCUT2D eigenvalue weighted by molar-refractivity contribution is -0.120. The van der Waals surface area contributed by atoms with Crippen LogP contribution in [0.5, 0.6) is 5.75 Å². The number of anilines is 1. The molecule has 0 spiro atoms. The number of hydrogen-bond acceptors (Lipinski definition) is 3. The number of nitrogens with one attached hydrogen (secondary N) is 1. The molecular weight excluding hydrogens is 264 g/mol. The van der Waals surface area contributed by atoms with Gasteiger partial charge in [0.2, 0.25) is 5.91 Å². The van der Waals surface area contributed by atoms with Crippen molar-refractivity contribution >= 4 is 11.6 Å². The Morgan fingerprint density at radius 3 is 2.43 bits per heavy atom. The normalized spacial score (nSPS) is 16.5. The number of nitrogens with two attached hydrogens (primary N) is 1. The molecule has 0 radical (unpaired) electrons. The summed E-state index contributed by atoms with van der Waals surface area (Å²) < 4.78 is 5.84. The van der Waals surface area contributed by atoms with Gasteiger partial charge in [0.05, 0.1) is 12.1 Å². The van der Waals surface area contributed by atoms with Crippen molar-refractivity contribution in [2.75, 3.05) is 11.9 Å². The van der Waals surface area contributed by atoms with Gasteiger partial charge in [0, 0.05) is 5.69 Å². The van der Waals surface area contributed by atoms with E-state index < -0.39 is 5.54 Å². The molecule has 21 heavy (non-hydrogen) atoms. The van der Waals surface area contributed by atoms with Crippen molar-refractivity contribution in [3.8, 4) is 5.75 Å². The van der Waals surface area contributed by atoms with Crippen molar-refractivity contribution in [3.05, 3.63) is 24.3 Å². The van der Waals surface area contributed by atoms with E-state index in [1.54, 1.807) is 13.8 Å². The van der Waals surface area contributed by atoms with E-state index in [1.807, 2.05) is 24.3 Å². The van der Waals surface area contributed by atoms with Crippen LogP contribution in [0.15, 0.2) is 24.3 Å². The van der Waals surface area contributed by atoms with Crippen molar-refractivity contribution in [2.45, 2.75) is 51.5 Å². The van der Waals surface area contributed by atoms with Crippen molar-refractivity contribution in [2.24, 2.45) is 11.7 Å².